The topological polar surface area (TPSA) is 57.2 Å². The highest BCUT2D eigenvalue weighted by atomic mass is 16.5. The first-order chi connectivity index (χ1) is 10.2. The van der Waals surface area contributed by atoms with Crippen molar-refractivity contribution in [3.05, 3.63) is 71.1 Å². The number of hydrogen-bond acceptors (Lipinski definition) is 3. The lowest BCUT2D eigenvalue weighted by Crippen LogP contribution is -2.22. The molecule has 0 saturated heterocycles. The molecule has 0 aliphatic carbocycles. The van der Waals surface area contributed by atoms with Gasteiger partial charge in [0.1, 0.15) is 12.4 Å². The Morgan fingerprint density at radius 3 is 2.57 bits per heavy atom. The molecule has 4 nitrogen and oxygen atoms in total. The quantitative estimate of drug-likeness (QED) is 0.747. The first kappa shape index (κ1) is 13.2. The van der Waals surface area contributed by atoms with Gasteiger partial charge in [-0.3, -0.25) is 4.79 Å². The molecule has 0 radical (unpaired) electrons. The molecule has 2 N–H and O–H groups in total. The van der Waals surface area contributed by atoms with Crippen molar-refractivity contribution in [1.29, 1.82) is 0 Å². The number of nitrogen functional groups attached to an aromatic ring is 1. The number of rotatable bonds is 4. The fraction of sp³-hybridized carbons (Fsp3) is 0.118. The van der Waals surface area contributed by atoms with Crippen molar-refractivity contribution in [2.75, 3.05) is 12.3 Å². The van der Waals surface area contributed by atoms with Crippen molar-refractivity contribution in [3.8, 4) is 5.75 Å². The summed E-state index contributed by atoms with van der Waals surface area (Å²) in [5, 5.41) is 1.69. The van der Waals surface area contributed by atoms with Crippen LogP contribution in [0, 0.1) is 0 Å². The van der Waals surface area contributed by atoms with Crippen LogP contribution in [-0.2, 0) is 6.54 Å². The highest BCUT2D eigenvalue weighted by molar-refractivity contribution is 5.81. The number of benzene rings is 2. The molecule has 0 bridgehead atoms. The van der Waals surface area contributed by atoms with E-state index in [0.717, 1.165) is 16.5 Å². The van der Waals surface area contributed by atoms with Gasteiger partial charge in [0.2, 0.25) is 0 Å². The van der Waals surface area contributed by atoms with Crippen LogP contribution in [0.1, 0.15) is 0 Å². The molecule has 0 spiro atoms. The first-order valence-electron chi connectivity index (χ1n) is 6.80. The lowest BCUT2D eigenvalue weighted by molar-refractivity contribution is 0.297. The van der Waals surface area contributed by atoms with Crippen LogP contribution in [0.2, 0.25) is 0 Å². The number of fused-ring (bicyclic) bond motifs is 1. The summed E-state index contributed by atoms with van der Waals surface area (Å²) in [7, 11) is 0. The van der Waals surface area contributed by atoms with Gasteiger partial charge in [0.05, 0.1) is 6.54 Å². The Kier molecular flexibility index (Phi) is 3.60. The van der Waals surface area contributed by atoms with Crippen molar-refractivity contribution < 1.29 is 4.74 Å². The zero-order chi connectivity index (χ0) is 14.7. The molecule has 21 heavy (non-hydrogen) atoms. The molecule has 0 atom stereocenters. The maximum absolute atomic E-state index is 12.3. The van der Waals surface area contributed by atoms with Gasteiger partial charge in [0.15, 0.2) is 0 Å². The van der Waals surface area contributed by atoms with Gasteiger partial charge in [0.25, 0.3) is 5.56 Å². The average Bonchev–Trinajstić information content (AvgIpc) is 2.52. The van der Waals surface area contributed by atoms with Crippen LogP contribution < -0.4 is 16.0 Å². The lowest BCUT2D eigenvalue weighted by Gasteiger charge is -2.09. The van der Waals surface area contributed by atoms with Crippen LogP contribution in [0.3, 0.4) is 0 Å². The maximum Gasteiger partial charge on any atom is 0.258 e. The number of aromatic nitrogens is 1. The van der Waals surface area contributed by atoms with Crippen molar-refractivity contribution in [2.24, 2.45) is 0 Å². The molecule has 0 amide bonds. The van der Waals surface area contributed by atoms with Crippen LogP contribution in [0.4, 0.5) is 5.69 Å². The molecule has 1 aromatic heterocycles. The highest BCUT2D eigenvalue weighted by Gasteiger charge is 2.02. The van der Waals surface area contributed by atoms with Gasteiger partial charge >= 0.3 is 0 Å². The summed E-state index contributed by atoms with van der Waals surface area (Å²) < 4.78 is 7.28. The van der Waals surface area contributed by atoms with Crippen molar-refractivity contribution in [1.82, 2.24) is 4.57 Å². The Hall–Kier alpha value is -2.75. The minimum atomic E-state index is 0.00834. The predicted octanol–water partition coefficient (Wildman–Crippen LogP) is 2.66. The van der Waals surface area contributed by atoms with Gasteiger partial charge in [-0.2, -0.15) is 0 Å². The van der Waals surface area contributed by atoms with Crippen LogP contribution in [-0.4, -0.2) is 11.2 Å². The molecule has 1 heterocycles. The van der Waals surface area contributed by atoms with Gasteiger partial charge in [-0.05, 0) is 41.8 Å². The molecule has 106 valence electrons. The van der Waals surface area contributed by atoms with Crippen LogP contribution in [0.25, 0.3) is 10.8 Å². The minimum absolute atomic E-state index is 0.00834. The summed E-state index contributed by atoms with van der Waals surface area (Å²) >= 11 is 0. The summed E-state index contributed by atoms with van der Waals surface area (Å²) in [4.78, 5) is 12.3. The first-order valence-corrected chi connectivity index (χ1v) is 6.80. The third kappa shape index (κ3) is 2.89. The summed E-state index contributed by atoms with van der Waals surface area (Å²) in [6, 6.07) is 16.7. The fourth-order valence-corrected chi connectivity index (χ4v) is 2.23. The van der Waals surface area contributed by atoms with Gasteiger partial charge in [-0.1, -0.05) is 18.2 Å². The van der Waals surface area contributed by atoms with E-state index in [1.54, 1.807) is 22.9 Å². The van der Waals surface area contributed by atoms with E-state index in [0.29, 0.717) is 18.8 Å². The normalized spacial score (nSPS) is 10.7. The Balaban J connectivity index is 1.72. The van der Waals surface area contributed by atoms with Crippen LogP contribution in [0.5, 0.6) is 5.75 Å². The highest BCUT2D eigenvalue weighted by Crippen LogP contribution is 2.13. The van der Waals surface area contributed by atoms with Crippen molar-refractivity contribution in [2.45, 2.75) is 6.54 Å². The van der Waals surface area contributed by atoms with Gasteiger partial charge in [-0.25, -0.2) is 0 Å². The lowest BCUT2D eigenvalue weighted by atomic mass is 10.2. The largest absolute Gasteiger partial charge is 0.492 e. The number of hydrogen-bond donors (Lipinski definition) is 1. The van der Waals surface area contributed by atoms with Crippen molar-refractivity contribution >= 4 is 16.5 Å². The second-order valence-corrected chi connectivity index (χ2v) is 4.82. The Morgan fingerprint density at radius 2 is 1.76 bits per heavy atom. The molecular weight excluding hydrogens is 264 g/mol. The van der Waals surface area contributed by atoms with E-state index in [-0.39, 0.29) is 5.56 Å². The van der Waals surface area contributed by atoms with Crippen molar-refractivity contribution in [3.63, 3.8) is 0 Å². The molecule has 0 fully saturated rings. The van der Waals surface area contributed by atoms with E-state index >= 15 is 0 Å². The molecule has 0 unspecified atom stereocenters. The Labute approximate surface area is 122 Å². The molecular formula is C17H16N2O2. The van der Waals surface area contributed by atoms with Crippen LogP contribution in [0.15, 0.2) is 65.6 Å². The van der Waals surface area contributed by atoms with E-state index in [2.05, 4.69) is 0 Å². The molecule has 3 rings (SSSR count). The standard InChI is InChI=1S/C17H16N2O2/c18-14-5-7-15(8-6-14)21-12-11-19-10-9-13-3-1-2-4-16(13)17(19)20/h1-10H,11-12,18H2. The van der Waals surface area contributed by atoms with E-state index in [4.69, 9.17) is 10.5 Å². The number of nitrogens with zero attached hydrogens (tertiary/aromatic N) is 1. The SMILES string of the molecule is Nc1ccc(OCCn2ccc3ccccc3c2=O)cc1. The number of nitrogens with two attached hydrogens (primary N) is 1. The molecule has 3 aromatic rings. The predicted molar refractivity (Wildman–Crippen MR) is 84.6 cm³/mol. The molecule has 4 heteroatoms. The van der Waals surface area contributed by atoms with E-state index < -0.39 is 0 Å². The summed E-state index contributed by atoms with van der Waals surface area (Å²) in [5.41, 5.74) is 6.33. The second kappa shape index (κ2) is 5.71. The number of anilines is 1. The summed E-state index contributed by atoms with van der Waals surface area (Å²) in [6.07, 6.45) is 1.80. The van der Waals surface area contributed by atoms with E-state index in [1.165, 1.54) is 0 Å². The minimum Gasteiger partial charge on any atom is -0.492 e. The Morgan fingerprint density at radius 1 is 1.00 bits per heavy atom. The molecule has 0 aliphatic heterocycles. The summed E-state index contributed by atoms with van der Waals surface area (Å²) in [5.74, 6) is 0.748. The average molecular weight is 280 g/mol. The fourth-order valence-electron chi connectivity index (χ4n) is 2.23. The third-order valence-electron chi connectivity index (χ3n) is 3.37. The van der Waals surface area contributed by atoms with E-state index in [1.807, 2.05) is 42.5 Å². The molecule has 0 saturated carbocycles. The van der Waals surface area contributed by atoms with Gasteiger partial charge < -0.3 is 15.0 Å². The van der Waals surface area contributed by atoms with Gasteiger partial charge in [-0.15, -0.1) is 0 Å². The molecule has 2 aromatic carbocycles. The number of ether oxygens (including phenoxy) is 1. The summed E-state index contributed by atoms with van der Waals surface area (Å²) in [6.45, 7) is 0.941. The zero-order valence-electron chi connectivity index (χ0n) is 11.5. The smallest absolute Gasteiger partial charge is 0.258 e. The van der Waals surface area contributed by atoms with Gasteiger partial charge in [0, 0.05) is 17.3 Å². The maximum atomic E-state index is 12.3. The monoisotopic (exact) mass is 280 g/mol. The van der Waals surface area contributed by atoms with E-state index in [9.17, 15) is 4.79 Å². The second-order valence-electron chi connectivity index (χ2n) is 4.82. The Bertz CT molecular complexity index is 807. The third-order valence-corrected chi connectivity index (χ3v) is 3.37. The van der Waals surface area contributed by atoms with Crippen LogP contribution >= 0.6 is 0 Å². The zero-order valence-corrected chi connectivity index (χ0v) is 11.5. The molecule has 0 aliphatic rings. The number of pyridine rings is 1.